The number of nitrogens with zero attached hydrogens (tertiary/aromatic N) is 2. The molecule has 1 rings (SSSR count). The SMILES string of the molecule is O=C(O[N+](=O)[O-])c1cccc([N+](=O)[O-])c1. The summed E-state index contributed by atoms with van der Waals surface area (Å²) >= 11 is 0. The second-order valence-electron chi connectivity index (χ2n) is 2.41. The Labute approximate surface area is 82.3 Å². The van der Waals surface area contributed by atoms with Crippen molar-refractivity contribution in [3.8, 4) is 0 Å². The molecule has 8 heteroatoms. The lowest BCUT2D eigenvalue weighted by Crippen LogP contribution is -2.10. The highest BCUT2D eigenvalue weighted by Crippen LogP contribution is 2.13. The average molecular weight is 212 g/mol. The van der Waals surface area contributed by atoms with Gasteiger partial charge in [-0.05, 0) is 6.07 Å². The summed E-state index contributed by atoms with van der Waals surface area (Å²) in [6, 6.07) is 4.46. The van der Waals surface area contributed by atoms with Crippen molar-refractivity contribution in [2.45, 2.75) is 0 Å². The van der Waals surface area contributed by atoms with Crippen LogP contribution in [0.3, 0.4) is 0 Å². The van der Waals surface area contributed by atoms with Crippen molar-refractivity contribution >= 4 is 11.7 Å². The Balaban J connectivity index is 2.95. The third kappa shape index (κ3) is 2.72. The molecule has 0 saturated heterocycles. The van der Waals surface area contributed by atoms with Crippen LogP contribution in [0.4, 0.5) is 5.69 Å². The van der Waals surface area contributed by atoms with E-state index in [4.69, 9.17) is 0 Å². The van der Waals surface area contributed by atoms with Gasteiger partial charge in [0, 0.05) is 12.1 Å². The minimum atomic E-state index is -1.28. The Bertz CT molecular complexity index is 429. The summed E-state index contributed by atoms with van der Waals surface area (Å²) in [5.74, 6) is -1.25. The Morgan fingerprint density at radius 3 is 2.47 bits per heavy atom. The Hall–Kier alpha value is -2.51. The second-order valence-corrected chi connectivity index (χ2v) is 2.41. The molecule has 0 radical (unpaired) electrons. The molecule has 0 aromatic heterocycles. The van der Waals surface area contributed by atoms with Gasteiger partial charge in [-0.3, -0.25) is 14.9 Å². The molecule has 0 fully saturated rings. The van der Waals surface area contributed by atoms with Crippen molar-refractivity contribution in [3.05, 3.63) is 50.1 Å². The highest BCUT2D eigenvalue weighted by molar-refractivity contribution is 5.89. The highest BCUT2D eigenvalue weighted by Gasteiger charge is 2.14. The monoisotopic (exact) mass is 212 g/mol. The Kier molecular flexibility index (Phi) is 2.91. The van der Waals surface area contributed by atoms with Gasteiger partial charge >= 0.3 is 11.1 Å². The molecule has 0 aliphatic rings. The van der Waals surface area contributed by atoms with Crippen molar-refractivity contribution in [1.29, 1.82) is 0 Å². The predicted molar refractivity (Wildman–Crippen MR) is 45.5 cm³/mol. The quantitative estimate of drug-likeness (QED) is 0.544. The summed E-state index contributed by atoms with van der Waals surface area (Å²) in [5.41, 5.74) is -0.589. The lowest BCUT2D eigenvalue weighted by Gasteiger charge is -1.97. The van der Waals surface area contributed by atoms with Gasteiger partial charge in [-0.2, -0.15) is 0 Å². The standard InChI is InChI=1S/C7H4N2O6/c10-7(15-9(13)14)5-2-1-3-6(4-5)8(11)12/h1-4H. The number of carbonyl (C=O) groups excluding carboxylic acids is 1. The van der Waals surface area contributed by atoms with E-state index in [0.717, 1.165) is 12.1 Å². The minimum Gasteiger partial charge on any atom is -0.263 e. The van der Waals surface area contributed by atoms with Crippen molar-refractivity contribution in [1.82, 2.24) is 0 Å². The molecule has 78 valence electrons. The first-order chi connectivity index (χ1) is 7.00. The smallest absolute Gasteiger partial charge is 0.263 e. The van der Waals surface area contributed by atoms with Gasteiger partial charge in [-0.1, -0.05) is 6.07 Å². The Morgan fingerprint density at radius 2 is 1.93 bits per heavy atom. The van der Waals surface area contributed by atoms with E-state index in [1.54, 1.807) is 0 Å². The summed E-state index contributed by atoms with van der Waals surface area (Å²) in [5, 5.41) is 18.9. The number of nitro groups is 1. The summed E-state index contributed by atoms with van der Waals surface area (Å²) in [6.45, 7) is 0. The van der Waals surface area contributed by atoms with Crippen LogP contribution in [0.2, 0.25) is 0 Å². The fourth-order valence-electron chi connectivity index (χ4n) is 0.867. The fraction of sp³-hybridized carbons (Fsp3) is 0. The molecule has 15 heavy (non-hydrogen) atoms. The molecule has 0 aliphatic heterocycles. The van der Waals surface area contributed by atoms with E-state index in [9.17, 15) is 25.0 Å². The number of nitro benzene ring substituents is 1. The van der Waals surface area contributed by atoms with Crippen LogP contribution in [-0.4, -0.2) is 16.0 Å². The van der Waals surface area contributed by atoms with Crippen LogP contribution in [0.1, 0.15) is 10.4 Å². The number of carbonyl (C=O) groups is 1. The van der Waals surface area contributed by atoms with Gasteiger partial charge in [0.2, 0.25) is 0 Å². The van der Waals surface area contributed by atoms with Gasteiger partial charge in [0.25, 0.3) is 5.69 Å². The van der Waals surface area contributed by atoms with Crippen LogP contribution in [0, 0.1) is 20.2 Å². The van der Waals surface area contributed by atoms with E-state index >= 15 is 0 Å². The zero-order chi connectivity index (χ0) is 11.4. The van der Waals surface area contributed by atoms with Crippen LogP contribution < -0.4 is 0 Å². The van der Waals surface area contributed by atoms with E-state index in [-0.39, 0.29) is 11.3 Å². The molecule has 0 unspecified atom stereocenters. The van der Waals surface area contributed by atoms with E-state index in [2.05, 4.69) is 4.84 Å². The highest BCUT2D eigenvalue weighted by atomic mass is 17.0. The zero-order valence-electron chi connectivity index (χ0n) is 7.15. The molecule has 1 aromatic carbocycles. The normalized spacial score (nSPS) is 9.33. The third-order valence-corrected chi connectivity index (χ3v) is 1.45. The molecule has 0 bridgehead atoms. The van der Waals surface area contributed by atoms with E-state index in [0.29, 0.717) is 0 Å². The van der Waals surface area contributed by atoms with E-state index in [1.807, 2.05) is 0 Å². The molecule has 0 spiro atoms. The van der Waals surface area contributed by atoms with Gasteiger partial charge in [0.1, 0.15) is 0 Å². The summed E-state index contributed by atoms with van der Waals surface area (Å²) in [6.07, 6.45) is 0. The van der Waals surface area contributed by atoms with Gasteiger partial charge in [-0.15, -0.1) is 10.1 Å². The molecule has 0 N–H and O–H groups in total. The molecule has 0 heterocycles. The van der Waals surface area contributed by atoms with Gasteiger partial charge in [0.05, 0.1) is 10.5 Å². The molecule has 0 amide bonds. The third-order valence-electron chi connectivity index (χ3n) is 1.45. The zero-order valence-corrected chi connectivity index (χ0v) is 7.15. The van der Waals surface area contributed by atoms with Crippen molar-refractivity contribution < 1.29 is 19.6 Å². The lowest BCUT2D eigenvalue weighted by molar-refractivity contribution is -0.727. The summed E-state index contributed by atoms with van der Waals surface area (Å²) in [4.78, 5) is 34.0. The van der Waals surface area contributed by atoms with Crippen molar-refractivity contribution in [3.63, 3.8) is 0 Å². The van der Waals surface area contributed by atoms with E-state index in [1.165, 1.54) is 12.1 Å². The van der Waals surface area contributed by atoms with Crippen LogP contribution in [0.15, 0.2) is 24.3 Å². The van der Waals surface area contributed by atoms with Gasteiger partial charge < -0.3 is 0 Å². The fourth-order valence-corrected chi connectivity index (χ4v) is 0.867. The lowest BCUT2D eigenvalue weighted by atomic mass is 10.2. The summed E-state index contributed by atoms with van der Waals surface area (Å²) in [7, 11) is 0. The topological polar surface area (TPSA) is 113 Å². The van der Waals surface area contributed by atoms with Crippen LogP contribution in [0.25, 0.3) is 0 Å². The molecular formula is C7H4N2O6. The number of non-ortho nitro benzene ring substituents is 1. The maximum atomic E-state index is 10.9. The molecular weight excluding hydrogens is 208 g/mol. The van der Waals surface area contributed by atoms with Gasteiger partial charge in [-0.25, -0.2) is 4.84 Å². The summed E-state index contributed by atoms with van der Waals surface area (Å²) < 4.78 is 0. The van der Waals surface area contributed by atoms with E-state index < -0.39 is 16.0 Å². The molecule has 1 aromatic rings. The molecule has 0 aliphatic carbocycles. The number of benzene rings is 1. The Morgan fingerprint density at radius 1 is 1.27 bits per heavy atom. The van der Waals surface area contributed by atoms with Crippen molar-refractivity contribution in [2.24, 2.45) is 0 Å². The van der Waals surface area contributed by atoms with Gasteiger partial charge in [0.15, 0.2) is 0 Å². The first-order valence-corrected chi connectivity index (χ1v) is 3.62. The number of rotatable bonds is 3. The molecule has 0 saturated carbocycles. The second kappa shape index (κ2) is 4.13. The van der Waals surface area contributed by atoms with Crippen LogP contribution in [-0.2, 0) is 4.84 Å². The maximum Gasteiger partial charge on any atom is 0.334 e. The first kappa shape index (κ1) is 10.6. The minimum absolute atomic E-state index is 0.249. The van der Waals surface area contributed by atoms with Crippen LogP contribution in [0.5, 0.6) is 0 Å². The predicted octanol–water partition coefficient (Wildman–Crippen LogP) is 0.943. The first-order valence-electron chi connectivity index (χ1n) is 3.62. The molecule has 0 atom stereocenters. The van der Waals surface area contributed by atoms with Crippen molar-refractivity contribution in [2.75, 3.05) is 0 Å². The largest absolute Gasteiger partial charge is 0.334 e. The number of hydrogen-bond donors (Lipinski definition) is 0. The molecule has 8 nitrogen and oxygen atoms in total. The van der Waals surface area contributed by atoms with Crippen LogP contribution >= 0.6 is 0 Å². The maximum absolute atomic E-state index is 10.9. The number of hydrogen-bond acceptors (Lipinski definition) is 6. The average Bonchev–Trinajstić information content (AvgIpc) is 2.17.